The van der Waals surface area contributed by atoms with E-state index in [1.807, 2.05) is 13.8 Å². The second-order valence-electron chi connectivity index (χ2n) is 4.61. The zero-order valence-electron chi connectivity index (χ0n) is 11.7. The van der Waals surface area contributed by atoms with Crippen molar-refractivity contribution in [2.75, 3.05) is 6.54 Å². The number of sulfonamides is 1. The van der Waals surface area contributed by atoms with Crippen molar-refractivity contribution in [3.8, 4) is 0 Å². The molecular formula is C13H17ClFNO4S. The summed E-state index contributed by atoms with van der Waals surface area (Å²) in [5.74, 6) is -2.77. The molecule has 1 aromatic rings. The molecule has 0 bridgehead atoms. The summed E-state index contributed by atoms with van der Waals surface area (Å²) in [6.07, 6.45) is 1.55. The number of aromatic carboxylic acids is 1. The summed E-state index contributed by atoms with van der Waals surface area (Å²) in [6.45, 7) is 4.00. The molecule has 0 amide bonds. The highest BCUT2D eigenvalue weighted by Gasteiger charge is 2.25. The van der Waals surface area contributed by atoms with Crippen LogP contribution in [0.3, 0.4) is 0 Å². The second-order valence-corrected chi connectivity index (χ2v) is 6.78. The van der Waals surface area contributed by atoms with Gasteiger partial charge in [0.05, 0.1) is 5.56 Å². The molecule has 0 aliphatic heterocycles. The van der Waals surface area contributed by atoms with E-state index in [0.717, 1.165) is 25.0 Å². The maximum absolute atomic E-state index is 14.0. The lowest BCUT2D eigenvalue weighted by molar-refractivity contribution is 0.0691. The Morgan fingerprint density at radius 2 is 1.95 bits per heavy atom. The van der Waals surface area contributed by atoms with Crippen molar-refractivity contribution >= 4 is 27.6 Å². The van der Waals surface area contributed by atoms with E-state index >= 15 is 0 Å². The first-order chi connectivity index (χ1) is 9.72. The number of carbonyl (C=O) groups is 1. The molecule has 5 nitrogen and oxygen atoms in total. The van der Waals surface area contributed by atoms with Crippen LogP contribution >= 0.6 is 11.6 Å². The summed E-state index contributed by atoms with van der Waals surface area (Å²) in [6, 6.07) is 1.78. The van der Waals surface area contributed by atoms with E-state index in [1.165, 1.54) is 0 Å². The van der Waals surface area contributed by atoms with E-state index in [4.69, 9.17) is 16.7 Å². The Balaban J connectivity index is 3.17. The molecule has 21 heavy (non-hydrogen) atoms. The smallest absolute Gasteiger partial charge is 0.338 e. The van der Waals surface area contributed by atoms with Crippen molar-refractivity contribution < 1.29 is 22.7 Å². The van der Waals surface area contributed by atoms with Gasteiger partial charge in [-0.15, -0.1) is 0 Å². The topological polar surface area (TPSA) is 83.5 Å². The molecular weight excluding hydrogens is 321 g/mol. The van der Waals surface area contributed by atoms with Gasteiger partial charge in [0.2, 0.25) is 10.0 Å². The highest BCUT2D eigenvalue weighted by molar-refractivity contribution is 7.89. The van der Waals surface area contributed by atoms with Gasteiger partial charge in [-0.3, -0.25) is 0 Å². The monoisotopic (exact) mass is 337 g/mol. The van der Waals surface area contributed by atoms with Crippen LogP contribution in [0.4, 0.5) is 4.39 Å². The highest BCUT2D eigenvalue weighted by Crippen LogP contribution is 2.24. The zero-order chi connectivity index (χ0) is 16.2. The van der Waals surface area contributed by atoms with E-state index in [1.54, 1.807) is 0 Å². The summed E-state index contributed by atoms with van der Waals surface area (Å²) in [5, 5.41) is 8.70. The summed E-state index contributed by atoms with van der Waals surface area (Å²) < 4.78 is 40.5. The van der Waals surface area contributed by atoms with Crippen LogP contribution in [0.15, 0.2) is 17.0 Å². The number of carboxylic acid groups (broad SMARTS) is 1. The van der Waals surface area contributed by atoms with Crippen LogP contribution < -0.4 is 4.72 Å². The number of halogens is 2. The Bertz CT molecular complexity index is 629. The first-order valence-corrected chi connectivity index (χ1v) is 8.31. The third-order valence-electron chi connectivity index (χ3n) is 3.24. The minimum absolute atomic E-state index is 0.126. The van der Waals surface area contributed by atoms with Gasteiger partial charge in [-0.25, -0.2) is 22.3 Å². The van der Waals surface area contributed by atoms with Crippen LogP contribution in [0.2, 0.25) is 5.02 Å². The van der Waals surface area contributed by atoms with Gasteiger partial charge in [0.25, 0.3) is 0 Å². The molecule has 0 saturated carbocycles. The molecule has 0 spiro atoms. The molecule has 0 unspecified atom stereocenters. The van der Waals surface area contributed by atoms with Gasteiger partial charge in [0.15, 0.2) is 5.82 Å². The number of benzene rings is 1. The Morgan fingerprint density at radius 3 is 2.43 bits per heavy atom. The summed E-state index contributed by atoms with van der Waals surface area (Å²) in [7, 11) is -4.16. The maximum Gasteiger partial charge on any atom is 0.338 e. The van der Waals surface area contributed by atoms with Crippen molar-refractivity contribution in [3.05, 3.63) is 28.5 Å². The molecule has 118 valence electrons. The normalized spacial score (nSPS) is 11.9. The van der Waals surface area contributed by atoms with Crippen molar-refractivity contribution in [2.45, 2.75) is 31.6 Å². The van der Waals surface area contributed by atoms with E-state index < -0.39 is 32.3 Å². The van der Waals surface area contributed by atoms with Crippen molar-refractivity contribution in [1.82, 2.24) is 4.72 Å². The first-order valence-electron chi connectivity index (χ1n) is 6.44. The van der Waals surface area contributed by atoms with E-state index in [9.17, 15) is 17.6 Å². The number of rotatable bonds is 7. The van der Waals surface area contributed by atoms with Crippen LogP contribution in [0.25, 0.3) is 0 Å². The van der Waals surface area contributed by atoms with Crippen molar-refractivity contribution in [2.24, 2.45) is 5.92 Å². The Morgan fingerprint density at radius 1 is 1.38 bits per heavy atom. The molecule has 1 rings (SSSR count). The summed E-state index contributed by atoms with van der Waals surface area (Å²) in [5.41, 5.74) is -0.773. The molecule has 0 atom stereocenters. The van der Waals surface area contributed by atoms with Gasteiger partial charge >= 0.3 is 5.97 Å². The molecule has 1 aromatic carbocycles. The Hall–Kier alpha value is -1.18. The van der Waals surface area contributed by atoms with Crippen molar-refractivity contribution in [1.29, 1.82) is 0 Å². The van der Waals surface area contributed by atoms with E-state index in [0.29, 0.717) is 0 Å². The van der Waals surface area contributed by atoms with Crippen LogP contribution in [0, 0.1) is 11.7 Å². The maximum atomic E-state index is 14.0. The van der Waals surface area contributed by atoms with E-state index in [-0.39, 0.29) is 17.5 Å². The fraction of sp³-hybridized carbons (Fsp3) is 0.462. The molecule has 0 aliphatic rings. The second kappa shape index (κ2) is 7.20. The lowest BCUT2D eigenvalue weighted by Crippen LogP contribution is -2.30. The van der Waals surface area contributed by atoms with Crippen LogP contribution in [-0.2, 0) is 10.0 Å². The van der Waals surface area contributed by atoms with Crippen LogP contribution in [0.1, 0.15) is 37.0 Å². The number of nitrogens with one attached hydrogen (secondary N) is 1. The Labute approximate surface area is 128 Å². The molecule has 0 fully saturated rings. The van der Waals surface area contributed by atoms with Crippen molar-refractivity contribution in [3.63, 3.8) is 0 Å². The van der Waals surface area contributed by atoms with Gasteiger partial charge in [0, 0.05) is 11.6 Å². The average Bonchev–Trinajstić information content (AvgIpc) is 2.41. The minimum atomic E-state index is -4.16. The molecule has 0 saturated heterocycles. The quantitative estimate of drug-likeness (QED) is 0.801. The number of hydrogen-bond donors (Lipinski definition) is 2. The van der Waals surface area contributed by atoms with Gasteiger partial charge in [0.1, 0.15) is 4.90 Å². The first kappa shape index (κ1) is 17.9. The predicted octanol–water partition coefficient (Wildman–Crippen LogP) is 2.89. The van der Waals surface area contributed by atoms with Crippen LogP contribution in [-0.4, -0.2) is 26.0 Å². The number of hydrogen-bond acceptors (Lipinski definition) is 3. The molecule has 8 heteroatoms. The van der Waals surface area contributed by atoms with E-state index in [2.05, 4.69) is 4.72 Å². The highest BCUT2D eigenvalue weighted by atomic mass is 35.5. The summed E-state index contributed by atoms with van der Waals surface area (Å²) >= 11 is 5.67. The standard InChI is InChI=1S/C13H17ClFNO4S/c1-3-8(4-2)7-16-21(19,20)11-6-9(14)5-10(12(11)15)13(17)18/h5-6,8,16H,3-4,7H2,1-2H3,(H,17,18). The average molecular weight is 338 g/mol. The SMILES string of the molecule is CCC(CC)CNS(=O)(=O)c1cc(Cl)cc(C(=O)O)c1F. The summed E-state index contributed by atoms with van der Waals surface area (Å²) in [4.78, 5) is 10.1. The molecule has 2 N–H and O–H groups in total. The molecule has 0 aromatic heterocycles. The van der Waals surface area contributed by atoms with Crippen LogP contribution in [0.5, 0.6) is 0 Å². The molecule has 0 heterocycles. The lowest BCUT2D eigenvalue weighted by Gasteiger charge is -2.14. The lowest BCUT2D eigenvalue weighted by atomic mass is 10.0. The fourth-order valence-electron chi connectivity index (χ4n) is 1.80. The third-order valence-corrected chi connectivity index (χ3v) is 4.88. The van der Waals surface area contributed by atoms with Gasteiger partial charge < -0.3 is 5.11 Å². The largest absolute Gasteiger partial charge is 0.478 e. The fourth-order valence-corrected chi connectivity index (χ4v) is 3.32. The molecule has 0 radical (unpaired) electrons. The van der Waals surface area contributed by atoms with Gasteiger partial charge in [-0.2, -0.15) is 0 Å². The number of carboxylic acids is 1. The van der Waals surface area contributed by atoms with Gasteiger partial charge in [-0.1, -0.05) is 38.3 Å². The minimum Gasteiger partial charge on any atom is -0.478 e. The Kier molecular flexibility index (Phi) is 6.12. The zero-order valence-corrected chi connectivity index (χ0v) is 13.3. The third kappa shape index (κ3) is 4.39. The predicted molar refractivity (Wildman–Crippen MR) is 77.6 cm³/mol. The molecule has 0 aliphatic carbocycles. The van der Waals surface area contributed by atoms with Gasteiger partial charge in [-0.05, 0) is 18.1 Å².